The van der Waals surface area contributed by atoms with Crippen molar-refractivity contribution < 1.29 is 9.32 Å². The molecular formula is C15H13N3O2S. The molecule has 1 N–H and O–H groups in total. The van der Waals surface area contributed by atoms with E-state index in [9.17, 15) is 4.79 Å². The molecule has 2 heterocycles. The van der Waals surface area contributed by atoms with Gasteiger partial charge in [-0.2, -0.15) is 0 Å². The molecule has 0 saturated carbocycles. The summed E-state index contributed by atoms with van der Waals surface area (Å²) in [6.45, 7) is 3.82. The summed E-state index contributed by atoms with van der Waals surface area (Å²) >= 11 is 1.29. The molecule has 0 aliphatic carbocycles. The molecule has 106 valence electrons. The molecule has 0 bridgehead atoms. The van der Waals surface area contributed by atoms with Crippen LogP contribution in [0.5, 0.6) is 0 Å². The average molecular weight is 299 g/mol. The van der Waals surface area contributed by atoms with Gasteiger partial charge in [-0.05, 0) is 37.2 Å². The number of thioether (sulfide) groups is 1. The van der Waals surface area contributed by atoms with Gasteiger partial charge in [0, 0.05) is 6.07 Å². The fraction of sp³-hybridized carbons (Fsp3) is 0.133. The number of carbonyl (C=O) groups excluding carboxylic acids is 1. The van der Waals surface area contributed by atoms with Crippen LogP contribution < -0.4 is 5.32 Å². The minimum atomic E-state index is -0.153. The predicted octanol–water partition coefficient (Wildman–Crippen LogP) is 3.18. The van der Waals surface area contributed by atoms with E-state index in [0.29, 0.717) is 21.7 Å². The number of aryl methyl sites for hydroxylation is 2. The van der Waals surface area contributed by atoms with E-state index in [1.165, 1.54) is 17.3 Å². The second-order valence-corrected chi connectivity index (χ2v) is 5.72. The molecule has 0 atom stereocenters. The first kappa shape index (κ1) is 13.6. The van der Waals surface area contributed by atoms with Gasteiger partial charge >= 0.3 is 0 Å². The number of benzene rings is 1. The number of hydrogen-bond donors (Lipinski definition) is 1. The van der Waals surface area contributed by atoms with Crippen molar-refractivity contribution in [2.75, 3.05) is 0 Å². The van der Waals surface area contributed by atoms with Crippen LogP contribution in [0.25, 0.3) is 6.08 Å². The van der Waals surface area contributed by atoms with Crippen molar-refractivity contribution in [3.8, 4) is 0 Å². The third-order valence-corrected chi connectivity index (χ3v) is 3.77. The number of nitrogens with one attached hydrogen (secondary N) is 1. The maximum absolute atomic E-state index is 11.9. The lowest BCUT2D eigenvalue weighted by molar-refractivity contribution is -0.115. The molecule has 5 nitrogen and oxygen atoms in total. The van der Waals surface area contributed by atoms with E-state index < -0.39 is 0 Å². The monoisotopic (exact) mass is 299 g/mol. The highest BCUT2D eigenvalue weighted by Crippen LogP contribution is 2.27. The Bertz CT molecular complexity index is 745. The zero-order chi connectivity index (χ0) is 14.8. The Hall–Kier alpha value is -2.34. The number of amidine groups is 1. The molecule has 1 amide bonds. The number of aliphatic imine (C=N–C) groups is 1. The summed E-state index contributed by atoms with van der Waals surface area (Å²) in [5.41, 5.74) is 2.17. The lowest BCUT2D eigenvalue weighted by atomic mass is 10.1. The second kappa shape index (κ2) is 5.57. The highest BCUT2D eigenvalue weighted by Gasteiger charge is 2.24. The summed E-state index contributed by atoms with van der Waals surface area (Å²) in [7, 11) is 0. The number of aromatic nitrogens is 1. The maximum Gasteiger partial charge on any atom is 0.264 e. The van der Waals surface area contributed by atoms with Gasteiger partial charge in [-0.25, -0.2) is 4.99 Å². The Morgan fingerprint density at radius 2 is 2.05 bits per heavy atom. The van der Waals surface area contributed by atoms with E-state index >= 15 is 0 Å². The van der Waals surface area contributed by atoms with E-state index in [4.69, 9.17) is 4.52 Å². The smallest absolute Gasteiger partial charge is 0.264 e. The van der Waals surface area contributed by atoms with E-state index in [1.807, 2.05) is 37.3 Å². The number of hydrogen-bond acceptors (Lipinski definition) is 5. The molecule has 2 aromatic rings. The third kappa shape index (κ3) is 3.22. The van der Waals surface area contributed by atoms with Gasteiger partial charge in [0.2, 0.25) is 0 Å². The van der Waals surface area contributed by atoms with Crippen molar-refractivity contribution in [3.05, 3.63) is 52.1 Å². The van der Waals surface area contributed by atoms with Gasteiger partial charge in [0.15, 0.2) is 11.0 Å². The van der Waals surface area contributed by atoms with Gasteiger partial charge in [0.1, 0.15) is 5.76 Å². The van der Waals surface area contributed by atoms with Gasteiger partial charge in [-0.1, -0.05) is 35.0 Å². The van der Waals surface area contributed by atoms with Crippen molar-refractivity contribution in [2.45, 2.75) is 13.8 Å². The summed E-state index contributed by atoms with van der Waals surface area (Å²) < 4.78 is 4.94. The Morgan fingerprint density at radius 3 is 2.71 bits per heavy atom. The molecule has 0 spiro atoms. The zero-order valence-electron chi connectivity index (χ0n) is 11.6. The minimum absolute atomic E-state index is 0.153. The number of amides is 1. The summed E-state index contributed by atoms with van der Waals surface area (Å²) in [6, 6.07) is 9.69. The number of rotatable bonds is 2. The lowest BCUT2D eigenvalue weighted by Crippen LogP contribution is -2.19. The molecule has 0 radical (unpaired) electrons. The van der Waals surface area contributed by atoms with Crippen molar-refractivity contribution >= 4 is 34.7 Å². The molecule has 1 aliphatic rings. The normalized spacial score (nSPS) is 18.5. The Balaban J connectivity index is 1.81. The highest BCUT2D eigenvalue weighted by molar-refractivity contribution is 8.18. The molecule has 3 rings (SSSR count). The van der Waals surface area contributed by atoms with Crippen LogP contribution in [0.1, 0.15) is 16.9 Å². The molecule has 1 aromatic carbocycles. The summed E-state index contributed by atoms with van der Waals surface area (Å²) in [5.74, 6) is 0.977. The van der Waals surface area contributed by atoms with Crippen LogP contribution in [0.4, 0.5) is 5.82 Å². The van der Waals surface area contributed by atoms with Crippen LogP contribution >= 0.6 is 11.8 Å². The maximum atomic E-state index is 11.9. The standard InChI is InChI=1S/C15H13N3O2S/c1-9-3-5-11(6-4-9)8-12-14(19)17-15(21-12)16-13-7-10(2)20-18-13/h3-8H,1-2H3,(H,16,17,18,19)/b12-8+. The predicted molar refractivity (Wildman–Crippen MR) is 83.2 cm³/mol. The minimum Gasteiger partial charge on any atom is -0.359 e. The molecule has 6 heteroatoms. The largest absolute Gasteiger partial charge is 0.359 e. The molecule has 1 fully saturated rings. The lowest BCUT2D eigenvalue weighted by Gasteiger charge is -1.95. The second-order valence-electron chi connectivity index (χ2n) is 4.69. The Labute approximate surface area is 126 Å². The first-order chi connectivity index (χ1) is 10.1. The molecule has 1 saturated heterocycles. The zero-order valence-corrected chi connectivity index (χ0v) is 12.4. The van der Waals surface area contributed by atoms with Gasteiger partial charge in [0.25, 0.3) is 5.91 Å². The van der Waals surface area contributed by atoms with E-state index in [-0.39, 0.29) is 5.91 Å². The average Bonchev–Trinajstić information content (AvgIpc) is 2.99. The number of nitrogens with zero attached hydrogens (tertiary/aromatic N) is 2. The van der Waals surface area contributed by atoms with Crippen LogP contribution in [0.15, 0.2) is 44.8 Å². The van der Waals surface area contributed by atoms with E-state index in [0.717, 1.165) is 5.56 Å². The van der Waals surface area contributed by atoms with Crippen LogP contribution in [0.2, 0.25) is 0 Å². The van der Waals surface area contributed by atoms with Crippen molar-refractivity contribution in [2.24, 2.45) is 4.99 Å². The van der Waals surface area contributed by atoms with Crippen molar-refractivity contribution in [1.29, 1.82) is 0 Å². The van der Waals surface area contributed by atoms with Gasteiger partial charge in [0.05, 0.1) is 4.91 Å². The van der Waals surface area contributed by atoms with Crippen molar-refractivity contribution in [3.63, 3.8) is 0 Å². The van der Waals surface area contributed by atoms with Gasteiger partial charge in [-0.15, -0.1) is 0 Å². The summed E-state index contributed by atoms with van der Waals surface area (Å²) in [4.78, 5) is 16.8. The summed E-state index contributed by atoms with van der Waals surface area (Å²) in [6.07, 6.45) is 1.84. The van der Waals surface area contributed by atoms with E-state index in [1.54, 1.807) is 13.0 Å². The molecule has 1 aromatic heterocycles. The van der Waals surface area contributed by atoms with Crippen LogP contribution in [-0.4, -0.2) is 16.2 Å². The Kier molecular flexibility index (Phi) is 3.62. The molecule has 21 heavy (non-hydrogen) atoms. The summed E-state index contributed by atoms with van der Waals surface area (Å²) in [5, 5.41) is 7.00. The molecule has 0 unspecified atom stereocenters. The Morgan fingerprint density at radius 1 is 1.29 bits per heavy atom. The third-order valence-electron chi connectivity index (χ3n) is 2.86. The van der Waals surface area contributed by atoms with Crippen LogP contribution in [0.3, 0.4) is 0 Å². The SMILES string of the molecule is Cc1ccc(/C=C2/SC(=Nc3cc(C)on3)NC2=O)cc1. The first-order valence-corrected chi connectivity index (χ1v) is 7.21. The molecule has 1 aliphatic heterocycles. The van der Waals surface area contributed by atoms with Crippen molar-refractivity contribution in [1.82, 2.24) is 10.5 Å². The fourth-order valence-electron chi connectivity index (χ4n) is 1.80. The van der Waals surface area contributed by atoms with Gasteiger partial charge < -0.3 is 9.84 Å². The van der Waals surface area contributed by atoms with E-state index in [2.05, 4.69) is 15.5 Å². The van der Waals surface area contributed by atoms with Crippen LogP contribution in [-0.2, 0) is 4.79 Å². The van der Waals surface area contributed by atoms with Gasteiger partial charge in [-0.3, -0.25) is 4.79 Å². The topological polar surface area (TPSA) is 67.5 Å². The fourth-order valence-corrected chi connectivity index (χ4v) is 2.63. The van der Waals surface area contributed by atoms with Crippen LogP contribution in [0, 0.1) is 13.8 Å². The molecular weight excluding hydrogens is 286 g/mol. The number of carbonyl (C=O) groups is 1. The highest BCUT2D eigenvalue weighted by atomic mass is 32.2. The first-order valence-electron chi connectivity index (χ1n) is 6.40. The quantitative estimate of drug-likeness (QED) is 0.865.